The Kier molecular flexibility index (Phi) is 10.5. The van der Waals surface area contributed by atoms with Crippen LogP contribution in [0, 0.1) is 6.92 Å². The van der Waals surface area contributed by atoms with E-state index in [1.54, 1.807) is 13.3 Å². The number of nitrogens with zero attached hydrogens (tertiary/aromatic N) is 2. The number of aryl methyl sites for hydroxylation is 1. The van der Waals surface area contributed by atoms with Gasteiger partial charge in [0.05, 0.1) is 18.4 Å². The first-order valence-corrected chi connectivity index (χ1v) is 8.99. The number of hydrogen-bond acceptors (Lipinski definition) is 3. The molecular weight excluding hydrogens is 352 g/mol. The van der Waals surface area contributed by atoms with Crippen molar-refractivity contribution in [3.8, 4) is 17.1 Å². The molecule has 0 spiro atoms. The number of hydrogen-bond donors (Lipinski definition) is 0. The van der Waals surface area contributed by atoms with E-state index in [4.69, 9.17) is 4.74 Å². The predicted octanol–water partition coefficient (Wildman–Crippen LogP) is 6.40. The summed E-state index contributed by atoms with van der Waals surface area (Å²) in [5, 5.41) is 0. The minimum absolute atomic E-state index is 0.377. The molecule has 0 radical (unpaired) electrons. The Bertz CT molecular complexity index is 598. The molecule has 0 saturated carbocycles. The van der Waals surface area contributed by atoms with Gasteiger partial charge < -0.3 is 4.74 Å². The van der Waals surface area contributed by atoms with Gasteiger partial charge in [-0.05, 0) is 52.5 Å². The molecule has 0 atom stereocenters. The quantitative estimate of drug-likeness (QED) is 0.617. The first-order chi connectivity index (χ1) is 11.0. The van der Waals surface area contributed by atoms with Gasteiger partial charge in [-0.25, -0.2) is 4.98 Å². The molecule has 0 aliphatic heterocycles. The maximum Gasteiger partial charge on any atom is 0.222 e. The van der Waals surface area contributed by atoms with E-state index < -0.39 is 0 Å². The third-order valence-corrected chi connectivity index (χ3v) is 3.40. The van der Waals surface area contributed by atoms with Crippen LogP contribution in [0.1, 0.15) is 58.7 Å². The fraction of sp³-hybridized carbons (Fsp3) is 0.474. The van der Waals surface area contributed by atoms with Crippen LogP contribution < -0.4 is 4.74 Å². The molecule has 2 aromatic heterocycles. The minimum atomic E-state index is 0.377. The minimum Gasteiger partial charge on any atom is -0.480 e. The Morgan fingerprint density at radius 2 is 1.70 bits per heavy atom. The van der Waals surface area contributed by atoms with Gasteiger partial charge in [0.15, 0.2) is 0 Å². The highest BCUT2D eigenvalue weighted by Crippen LogP contribution is 2.31. The molecule has 0 saturated heterocycles. The second kappa shape index (κ2) is 11.2. The molecule has 23 heavy (non-hydrogen) atoms. The lowest BCUT2D eigenvalue weighted by Gasteiger charge is -2.12. The molecule has 0 aliphatic carbocycles. The van der Waals surface area contributed by atoms with E-state index >= 15 is 0 Å². The van der Waals surface area contributed by atoms with Crippen molar-refractivity contribution >= 4 is 15.9 Å². The topological polar surface area (TPSA) is 35.0 Å². The van der Waals surface area contributed by atoms with Crippen molar-refractivity contribution in [3.05, 3.63) is 40.1 Å². The average Bonchev–Trinajstić information content (AvgIpc) is 2.58. The van der Waals surface area contributed by atoms with Gasteiger partial charge >= 0.3 is 0 Å². The number of ether oxygens (including phenoxy) is 1. The lowest BCUT2D eigenvalue weighted by atomic mass is 10.1. The lowest BCUT2D eigenvalue weighted by molar-refractivity contribution is 0.397. The fourth-order valence-corrected chi connectivity index (χ4v) is 2.38. The number of aromatic nitrogens is 2. The van der Waals surface area contributed by atoms with Gasteiger partial charge in [-0.1, -0.05) is 41.5 Å². The Hall–Kier alpha value is -1.42. The average molecular weight is 381 g/mol. The van der Waals surface area contributed by atoms with Crippen LogP contribution in [0.3, 0.4) is 0 Å². The summed E-state index contributed by atoms with van der Waals surface area (Å²) < 4.78 is 6.38. The summed E-state index contributed by atoms with van der Waals surface area (Å²) in [6, 6.07) is 6.11. The Labute approximate surface area is 149 Å². The van der Waals surface area contributed by atoms with Crippen LogP contribution in [0.2, 0.25) is 0 Å². The summed E-state index contributed by atoms with van der Waals surface area (Å²) >= 11 is 3.43. The summed E-state index contributed by atoms with van der Waals surface area (Å²) in [7, 11) is 1.64. The molecule has 2 rings (SSSR count). The molecule has 2 heterocycles. The summed E-state index contributed by atoms with van der Waals surface area (Å²) in [4.78, 5) is 9.02. The molecule has 3 nitrogen and oxygen atoms in total. The molecule has 0 unspecified atom stereocenters. The predicted molar refractivity (Wildman–Crippen MR) is 103 cm³/mol. The first kappa shape index (κ1) is 21.6. The van der Waals surface area contributed by atoms with Crippen LogP contribution in [0.25, 0.3) is 11.3 Å². The monoisotopic (exact) mass is 380 g/mol. The van der Waals surface area contributed by atoms with Gasteiger partial charge in [0, 0.05) is 16.4 Å². The van der Waals surface area contributed by atoms with Gasteiger partial charge in [0.2, 0.25) is 5.88 Å². The van der Waals surface area contributed by atoms with E-state index in [1.165, 1.54) is 0 Å². The summed E-state index contributed by atoms with van der Waals surface area (Å²) in [5.74, 6) is 1.01. The van der Waals surface area contributed by atoms with E-state index in [9.17, 15) is 0 Å². The molecule has 0 amide bonds. The van der Waals surface area contributed by atoms with E-state index in [0.717, 1.165) is 27.0 Å². The summed E-state index contributed by atoms with van der Waals surface area (Å²) in [5.41, 5.74) is 3.95. The van der Waals surface area contributed by atoms with E-state index in [-0.39, 0.29) is 0 Å². The van der Waals surface area contributed by atoms with Gasteiger partial charge in [-0.2, -0.15) is 0 Å². The van der Waals surface area contributed by atoms with Gasteiger partial charge in [0.25, 0.3) is 0 Å². The van der Waals surface area contributed by atoms with Crippen molar-refractivity contribution < 1.29 is 4.74 Å². The highest BCUT2D eigenvalue weighted by atomic mass is 79.9. The Balaban J connectivity index is 0.00000112. The van der Waals surface area contributed by atoms with E-state index in [2.05, 4.69) is 39.7 Å². The second-order valence-electron chi connectivity index (χ2n) is 4.77. The molecule has 0 aliphatic rings. The zero-order chi connectivity index (χ0) is 18.0. The van der Waals surface area contributed by atoms with Gasteiger partial charge in [-0.15, -0.1) is 0 Å². The van der Waals surface area contributed by atoms with Crippen molar-refractivity contribution in [3.63, 3.8) is 0 Å². The molecule has 2 aromatic rings. The molecule has 0 aromatic carbocycles. The van der Waals surface area contributed by atoms with Crippen LogP contribution in [0.5, 0.6) is 5.88 Å². The van der Waals surface area contributed by atoms with Crippen molar-refractivity contribution in [2.24, 2.45) is 0 Å². The molecule has 4 heteroatoms. The highest BCUT2D eigenvalue weighted by Gasteiger charge is 2.13. The molecular formula is C19H29BrN2O. The van der Waals surface area contributed by atoms with Crippen molar-refractivity contribution in [2.45, 2.75) is 54.4 Å². The zero-order valence-electron chi connectivity index (χ0n) is 15.6. The maximum atomic E-state index is 5.41. The van der Waals surface area contributed by atoms with E-state index in [0.29, 0.717) is 11.8 Å². The molecule has 0 fully saturated rings. The Morgan fingerprint density at radius 1 is 1.09 bits per heavy atom. The third-order valence-electron chi connectivity index (χ3n) is 2.97. The van der Waals surface area contributed by atoms with Gasteiger partial charge in [-0.3, -0.25) is 4.98 Å². The second-order valence-corrected chi connectivity index (χ2v) is 5.68. The number of methoxy groups -OCH3 is 1. The first-order valence-electron chi connectivity index (χ1n) is 8.20. The van der Waals surface area contributed by atoms with E-state index in [1.807, 2.05) is 52.8 Å². The summed E-state index contributed by atoms with van der Waals surface area (Å²) in [6.45, 7) is 14.3. The van der Waals surface area contributed by atoms with Crippen molar-refractivity contribution in [2.75, 3.05) is 7.11 Å². The highest BCUT2D eigenvalue weighted by molar-refractivity contribution is 9.10. The van der Waals surface area contributed by atoms with Crippen LogP contribution in [0.15, 0.2) is 28.9 Å². The molecule has 128 valence electrons. The number of halogens is 1. The number of pyridine rings is 2. The van der Waals surface area contributed by atoms with Crippen molar-refractivity contribution in [1.29, 1.82) is 0 Å². The number of rotatable bonds is 3. The van der Waals surface area contributed by atoms with Crippen LogP contribution in [-0.4, -0.2) is 17.1 Å². The Morgan fingerprint density at radius 3 is 2.17 bits per heavy atom. The lowest BCUT2D eigenvalue weighted by Crippen LogP contribution is -1.99. The largest absolute Gasteiger partial charge is 0.480 e. The standard InChI is InChI=1S/C15H17BrN2O.2C2H6/c1-9(2)13-6-5-12(15(18-13)19-4)14-10(3)7-11(16)8-17-14;2*1-2/h5-9H,1-4H3;2*1-2H3. The van der Waals surface area contributed by atoms with Crippen molar-refractivity contribution in [1.82, 2.24) is 9.97 Å². The fourth-order valence-electron chi connectivity index (χ4n) is 1.93. The zero-order valence-corrected chi connectivity index (χ0v) is 17.2. The molecule has 0 N–H and O–H groups in total. The van der Waals surface area contributed by atoms with Crippen LogP contribution >= 0.6 is 15.9 Å². The maximum absolute atomic E-state index is 5.41. The summed E-state index contributed by atoms with van der Waals surface area (Å²) in [6.07, 6.45) is 1.79. The van der Waals surface area contributed by atoms with Crippen LogP contribution in [0.4, 0.5) is 0 Å². The SMILES string of the molecule is CC.CC.COc1nc(C(C)C)ccc1-c1ncc(Br)cc1C. The smallest absolute Gasteiger partial charge is 0.222 e. The third kappa shape index (κ3) is 5.94. The molecule has 0 bridgehead atoms. The van der Waals surface area contributed by atoms with Crippen LogP contribution in [-0.2, 0) is 0 Å². The normalized spacial score (nSPS) is 9.48. The van der Waals surface area contributed by atoms with Gasteiger partial charge in [0.1, 0.15) is 0 Å².